The predicted molar refractivity (Wildman–Crippen MR) is 85.7 cm³/mol. The Balaban J connectivity index is 1.54. The molecule has 126 valence electrons. The summed E-state index contributed by atoms with van der Waals surface area (Å²) in [5.74, 6) is 0.389. The van der Waals surface area contributed by atoms with E-state index < -0.39 is 10.0 Å². The summed E-state index contributed by atoms with van der Waals surface area (Å²) in [5, 5.41) is 2.74. The van der Waals surface area contributed by atoms with Crippen LogP contribution in [0, 0.1) is 0 Å². The fraction of sp³-hybridized carbons (Fsp3) is 0.562. The maximum Gasteiger partial charge on any atom is 0.241 e. The Hall–Kier alpha value is -1.60. The molecule has 0 unspecified atom stereocenters. The molecule has 0 radical (unpaired) electrons. The topological polar surface area (TPSA) is 84.5 Å². The van der Waals surface area contributed by atoms with Gasteiger partial charge in [0.05, 0.1) is 17.5 Å². The number of hydrogen-bond acceptors (Lipinski definition) is 4. The first-order valence-corrected chi connectivity index (χ1v) is 9.57. The van der Waals surface area contributed by atoms with Crippen molar-refractivity contribution in [2.24, 2.45) is 0 Å². The van der Waals surface area contributed by atoms with E-state index in [2.05, 4.69) is 10.0 Å². The SMILES string of the molecule is O=C(CNS(=O)(=O)c1ccc(OC2CCCC2)cc1)NC1CC1. The number of nitrogens with one attached hydrogen (secondary N) is 2. The summed E-state index contributed by atoms with van der Waals surface area (Å²) in [5.41, 5.74) is 0. The van der Waals surface area contributed by atoms with Crippen molar-refractivity contribution < 1.29 is 17.9 Å². The zero-order chi connectivity index (χ0) is 16.3. The molecule has 1 amide bonds. The van der Waals surface area contributed by atoms with Crippen LogP contribution in [-0.4, -0.2) is 33.0 Å². The van der Waals surface area contributed by atoms with Gasteiger partial charge in [0.2, 0.25) is 15.9 Å². The lowest BCUT2D eigenvalue weighted by molar-refractivity contribution is -0.120. The van der Waals surface area contributed by atoms with Gasteiger partial charge in [-0.25, -0.2) is 13.1 Å². The number of ether oxygens (including phenoxy) is 1. The van der Waals surface area contributed by atoms with E-state index in [1.807, 2.05) is 0 Å². The molecular weight excluding hydrogens is 316 g/mol. The third kappa shape index (κ3) is 4.68. The van der Waals surface area contributed by atoms with Gasteiger partial charge in [-0.2, -0.15) is 0 Å². The normalized spacial score (nSPS) is 18.8. The predicted octanol–water partition coefficient (Wildman–Crippen LogP) is 1.56. The van der Waals surface area contributed by atoms with E-state index in [1.54, 1.807) is 12.1 Å². The largest absolute Gasteiger partial charge is 0.490 e. The van der Waals surface area contributed by atoms with Crippen molar-refractivity contribution in [1.82, 2.24) is 10.0 Å². The third-order valence-electron chi connectivity index (χ3n) is 4.10. The minimum Gasteiger partial charge on any atom is -0.490 e. The van der Waals surface area contributed by atoms with Crippen LogP contribution in [0.2, 0.25) is 0 Å². The van der Waals surface area contributed by atoms with Gasteiger partial charge in [-0.3, -0.25) is 4.79 Å². The zero-order valence-corrected chi connectivity index (χ0v) is 13.8. The van der Waals surface area contributed by atoms with Gasteiger partial charge in [-0.05, 0) is 62.8 Å². The molecular formula is C16H22N2O4S. The van der Waals surface area contributed by atoms with E-state index in [0.717, 1.165) is 25.7 Å². The van der Waals surface area contributed by atoms with Gasteiger partial charge in [0.15, 0.2) is 0 Å². The average molecular weight is 338 g/mol. The van der Waals surface area contributed by atoms with Gasteiger partial charge in [0, 0.05) is 6.04 Å². The summed E-state index contributed by atoms with van der Waals surface area (Å²) in [4.78, 5) is 11.7. The molecule has 0 bridgehead atoms. The summed E-state index contributed by atoms with van der Waals surface area (Å²) < 4.78 is 32.5. The highest BCUT2D eigenvalue weighted by Crippen LogP contribution is 2.25. The van der Waals surface area contributed by atoms with E-state index >= 15 is 0 Å². The monoisotopic (exact) mass is 338 g/mol. The van der Waals surface area contributed by atoms with E-state index in [1.165, 1.54) is 25.0 Å². The van der Waals surface area contributed by atoms with Crippen LogP contribution < -0.4 is 14.8 Å². The lowest BCUT2D eigenvalue weighted by Gasteiger charge is -2.13. The summed E-state index contributed by atoms with van der Waals surface area (Å²) in [6.07, 6.45) is 6.66. The van der Waals surface area contributed by atoms with Gasteiger partial charge in [0.25, 0.3) is 0 Å². The van der Waals surface area contributed by atoms with Crippen LogP contribution in [0.25, 0.3) is 0 Å². The van der Waals surface area contributed by atoms with Crippen molar-refractivity contribution in [2.75, 3.05) is 6.54 Å². The summed E-state index contributed by atoms with van der Waals surface area (Å²) >= 11 is 0. The Bertz CT molecular complexity index is 647. The summed E-state index contributed by atoms with van der Waals surface area (Å²) in [7, 11) is -3.68. The maximum atomic E-state index is 12.2. The number of rotatable bonds is 7. The number of amides is 1. The molecule has 0 spiro atoms. The number of sulfonamides is 1. The molecule has 2 fully saturated rings. The van der Waals surface area contributed by atoms with Crippen LogP contribution >= 0.6 is 0 Å². The van der Waals surface area contributed by atoms with E-state index in [0.29, 0.717) is 5.75 Å². The van der Waals surface area contributed by atoms with Crippen molar-refractivity contribution >= 4 is 15.9 Å². The zero-order valence-electron chi connectivity index (χ0n) is 13.0. The molecule has 7 heteroatoms. The van der Waals surface area contributed by atoms with E-state index in [4.69, 9.17) is 4.74 Å². The minimum atomic E-state index is -3.68. The molecule has 2 aliphatic rings. The molecule has 0 saturated heterocycles. The van der Waals surface area contributed by atoms with Crippen molar-refractivity contribution in [3.8, 4) is 5.75 Å². The fourth-order valence-corrected chi connectivity index (χ4v) is 3.63. The van der Waals surface area contributed by atoms with Gasteiger partial charge >= 0.3 is 0 Å². The number of carbonyl (C=O) groups is 1. The molecule has 2 saturated carbocycles. The highest BCUT2D eigenvalue weighted by molar-refractivity contribution is 7.89. The molecule has 0 aliphatic heterocycles. The second-order valence-corrected chi connectivity index (χ2v) is 7.93. The molecule has 1 aromatic rings. The Morgan fingerprint density at radius 2 is 1.74 bits per heavy atom. The first kappa shape index (κ1) is 16.3. The molecule has 6 nitrogen and oxygen atoms in total. The van der Waals surface area contributed by atoms with Crippen LogP contribution in [0.1, 0.15) is 38.5 Å². The number of benzene rings is 1. The van der Waals surface area contributed by atoms with Crippen molar-refractivity contribution in [2.45, 2.75) is 55.6 Å². The van der Waals surface area contributed by atoms with Crippen molar-refractivity contribution in [3.63, 3.8) is 0 Å². The van der Waals surface area contributed by atoms with Crippen LogP contribution in [0.5, 0.6) is 5.75 Å². The van der Waals surface area contributed by atoms with Crippen LogP contribution in [0.3, 0.4) is 0 Å². The third-order valence-corrected chi connectivity index (χ3v) is 5.52. The van der Waals surface area contributed by atoms with Crippen LogP contribution in [0.4, 0.5) is 0 Å². The van der Waals surface area contributed by atoms with E-state index in [9.17, 15) is 13.2 Å². The summed E-state index contributed by atoms with van der Waals surface area (Å²) in [6, 6.07) is 6.56. The average Bonchev–Trinajstić information content (AvgIpc) is 3.19. The second kappa shape index (κ2) is 6.88. The Labute approximate surface area is 136 Å². The maximum absolute atomic E-state index is 12.2. The number of hydrogen-bond donors (Lipinski definition) is 2. The van der Waals surface area contributed by atoms with Crippen LogP contribution in [-0.2, 0) is 14.8 Å². The molecule has 1 aromatic carbocycles. The highest BCUT2D eigenvalue weighted by atomic mass is 32.2. The Morgan fingerprint density at radius 1 is 1.09 bits per heavy atom. The fourth-order valence-electron chi connectivity index (χ4n) is 2.65. The second-order valence-electron chi connectivity index (χ2n) is 6.16. The molecule has 0 aromatic heterocycles. The molecule has 0 heterocycles. The molecule has 3 rings (SSSR count). The van der Waals surface area contributed by atoms with Gasteiger partial charge in [-0.1, -0.05) is 0 Å². The lowest BCUT2D eigenvalue weighted by Crippen LogP contribution is -2.37. The standard InChI is InChI=1S/C16H22N2O4S/c19-16(18-12-5-6-12)11-17-23(20,21)15-9-7-14(8-10-15)22-13-3-1-2-4-13/h7-10,12-13,17H,1-6,11H2,(H,18,19). The first-order valence-electron chi connectivity index (χ1n) is 8.09. The molecule has 23 heavy (non-hydrogen) atoms. The Morgan fingerprint density at radius 3 is 2.35 bits per heavy atom. The molecule has 2 N–H and O–H groups in total. The Kier molecular flexibility index (Phi) is 4.87. The smallest absolute Gasteiger partial charge is 0.241 e. The molecule has 0 atom stereocenters. The first-order chi connectivity index (χ1) is 11.0. The van der Waals surface area contributed by atoms with E-state index in [-0.39, 0.29) is 29.5 Å². The van der Waals surface area contributed by atoms with Crippen molar-refractivity contribution in [3.05, 3.63) is 24.3 Å². The highest BCUT2D eigenvalue weighted by Gasteiger charge is 2.24. The van der Waals surface area contributed by atoms with Gasteiger partial charge in [0.1, 0.15) is 5.75 Å². The van der Waals surface area contributed by atoms with Gasteiger partial charge in [-0.15, -0.1) is 0 Å². The quantitative estimate of drug-likeness (QED) is 0.790. The minimum absolute atomic E-state index is 0.135. The van der Waals surface area contributed by atoms with Crippen molar-refractivity contribution in [1.29, 1.82) is 0 Å². The summed E-state index contributed by atoms with van der Waals surface area (Å²) in [6.45, 7) is -0.237. The van der Waals surface area contributed by atoms with Gasteiger partial charge < -0.3 is 10.1 Å². The van der Waals surface area contributed by atoms with Crippen LogP contribution in [0.15, 0.2) is 29.2 Å². The lowest BCUT2D eigenvalue weighted by atomic mass is 10.3. The number of carbonyl (C=O) groups excluding carboxylic acids is 1. The molecule has 2 aliphatic carbocycles.